The summed E-state index contributed by atoms with van der Waals surface area (Å²) in [6.07, 6.45) is 0.573. The second kappa shape index (κ2) is 3.29. The topological polar surface area (TPSA) is 77.8 Å². The van der Waals surface area contributed by atoms with E-state index in [1.165, 1.54) is 24.3 Å². The Labute approximate surface area is 69.7 Å². The van der Waals surface area contributed by atoms with Gasteiger partial charge in [0.25, 0.3) is 0 Å². The molecular formula is C7H9O4P. The van der Waals surface area contributed by atoms with E-state index < -0.39 is 7.94 Å². The van der Waals surface area contributed by atoms with E-state index in [2.05, 4.69) is 0 Å². The summed E-state index contributed by atoms with van der Waals surface area (Å²) in [5.74, 6) is 0. The van der Waals surface area contributed by atoms with Gasteiger partial charge in [-0.25, -0.2) is 0 Å². The summed E-state index contributed by atoms with van der Waals surface area (Å²) in [4.78, 5) is 36.8. The van der Waals surface area contributed by atoms with E-state index in [0.717, 1.165) is 0 Å². The zero-order valence-electron chi connectivity index (χ0n) is 6.14. The third-order valence-electron chi connectivity index (χ3n) is 1.41. The Kier molecular flexibility index (Phi) is 2.55. The van der Waals surface area contributed by atoms with Crippen molar-refractivity contribution >= 4 is 19.5 Å². The number of rotatable bonds is 2. The molecule has 0 saturated carbocycles. The van der Waals surface area contributed by atoms with E-state index in [9.17, 15) is 4.79 Å². The van der Waals surface area contributed by atoms with Crippen LogP contribution in [0.2, 0.25) is 0 Å². The standard InChI is InChI=1S/C7H9O4P/c8-5-6-2-1-3-7(4-6)12(9,10)11/h1-5,9-12H. The van der Waals surface area contributed by atoms with Crippen LogP contribution in [0.1, 0.15) is 10.4 Å². The second-order valence-corrected chi connectivity index (χ2v) is 4.23. The molecule has 0 aliphatic carbocycles. The van der Waals surface area contributed by atoms with Gasteiger partial charge in [-0.2, -0.15) is 0 Å². The first-order valence-electron chi connectivity index (χ1n) is 3.27. The van der Waals surface area contributed by atoms with Crippen molar-refractivity contribution in [2.24, 2.45) is 0 Å². The van der Waals surface area contributed by atoms with Crippen LogP contribution in [0, 0.1) is 0 Å². The van der Waals surface area contributed by atoms with Crippen LogP contribution >= 0.6 is 7.94 Å². The normalized spacial score (nSPS) is 12.6. The number of carbonyl (C=O) groups is 1. The third-order valence-corrected chi connectivity index (χ3v) is 2.50. The van der Waals surface area contributed by atoms with E-state index in [-0.39, 0.29) is 5.30 Å². The summed E-state index contributed by atoms with van der Waals surface area (Å²) >= 11 is 0. The molecule has 0 fully saturated rings. The molecule has 0 unspecified atom stereocenters. The fourth-order valence-electron chi connectivity index (χ4n) is 0.821. The Balaban J connectivity index is 3.10. The molecular weight excluding hydrogens is 179 g/mol. The Bertz CT molecular complexity index is 292. The zero-order valence-corrected chi connectivity index (χ0v) is 7.14. The predicted molar refractivity (Wildman–Crippen MR) is 46.4 cm³/mol. The molecule has 1 rings (SSSR count). The number of carbonyl (C=O) groups excluding carboxylic acids is 1. The van der Waals surface area contributed by atoms with Crippen LogP contribution in [0.15, 0.2) is 24.3 Å². The number of hydrogen-bond donors (Lipinski definition) is 3. The Morgan fingerprint density at radius 2 is 1.92 bits per heavy atom. The summed E-state index contributed by atoms with van der Waals surface area (Å²) < 4.78 is 0. The van der Waals surface area contributed by atoms with Crippen molar-refractivity contribution in [3.05, 3.63) is 29.8 Å². The molecule has 0 saturated heterocycles. The summed E-state index contributed by atoms with van der Waals surface area (Å²) in [5.41, 5.74) is 0.307. The molecule has 5 heteroatoms. The van der Waals surface area contributed by atoms with E-state index in [0.29, 0.717) is 11.8 Å². The van der Waals surface area contributed by atoms with Crippen LogP contribution in [-0.4, -0.2) is 21.0 Å². The van der Waals surface area contributed by atoms with Gasteiger partial charge in [0, 0.05) is 0 Å². The maximum atomic E-state index is 10.3. The van der Waals surface area contributed by atoms with Gasteiger partial charge in [-0.15, -0.1) is 0 Å². The number of aldehydes is 1. The fraction of sp³-hybridized carbons (Fsp3) is 0. The first kappa shape index (κ1) is 9.29. The summed E-state index contributed by atoms with van der Waals surface area (Å²) in [5, 5.41) is 0.00657. The molecule has 1 aromatic carbocycles. The van der Waals surface area contributed by atoms with Gasteiger partial charge in [0.15, 0.2) is 0 Å². The first-order valence-corrected chi connectivity index (χ1v) is 5.11. The molecule has 66 valence electrons. The van der Waals surface area contributed by atoms with Crippen molar-refractivity contribution in [1.29, 1.82) is 0 Å². The fourth-order valence-corrected chi connectivity index (χ4v) is 1.50. The average Bonchev–Trinajstić information content (AvgIpc) is 2.03. The molecule has 0 radical (unpaired) electrons. The van der Waals surface area contributed by atoms with Crippen molar-refractivity contribution < 1.29 is 19.5 Å². The monoisotopic (exact) mass is 188 g/mol. The van der Waals surface area contributed by atoms with Gasteiger partial charge in [-0.05, 0) is 0 Å². The summed E-state index contributed by atoms with van der Waals surface area (Å²) in [6, 6.07) is 5.60. The molecule has 0 bridgehead atoms. The van der Waals surface area contributed by atoms with Crippen molar-refractivity contribution in [2.75, 3.05) is 0 Å². The van der Waals surface area contributed by atoms with Gasteiger partial charge in [0.05, 0.1) is 0 Å². The van der Waals surface area contributed by atoms with Crippen molar-refractivity contribution in [3.8, 4) is 0 Å². The number of benzene rings is 1. The molecule has 0 aliphatic heterocycles. The molecule has 4 nitrogen and oxygen atoms in total. The van der Waals surface area contributed by atoms with E-state index in [1.807, 2.05) is 0 Å². The minimum absolute atomic E-state index is 0.00657. The second-order valence-electron chi connectivity index (χ2n) is 2.38. The molecule has 0 heterocycles. The SMILES string of the molecule is O=Cc1cccc([PH](O)(O)O)c1. The Hall–Kier alpha value is -0.800. The third kappa shape index (κ3) is 2.09. The van der Waals surface area contributed by atoms with Gasteiger partial charge in [-0.1, -0.05) is 0 Å². The van der Waals surface area contributed by atoms with Crippen molar-refractivity contribution in [3.63, 3.8) is 0 Å². The van der Waals surface area contributed by atoms with Crippen LogP contribution in [0.4, 0.5) is 0 Å². The molecule has 0 atom stereocenters. The van der Waals surface area contributed by atoms with Crippen LogP contribution in [-0.2, 0) is 0 Å². The molecule has 0 spiro atoms. The summed E-state index contributed by atoms with van der Waals surface area (Å²) in [7, 11) is -4.24. The number of hydrogen-bond acceptors (Lipinski definition) is 4. The van der Waals surface area contributed by atoms with E-state index >= 15 is 0 Å². The summed E-state index contributed by atoms with van der Waals surface area (Å²) in [6.45, 7) is 0. The van der Waals surface area contributed by atoms with Gasteiger partial charge in [0.1, 0.15) is 0 Å². The van der Waals surface area contributed by atoms with Crippen LogP contribution in [0.25, 0.3) is 0 Å². The van der Waals surface area contributed by atoms with Crippen LogP contribution < -0.4 is 5.30 Å². The van der Waals surface area contributed by atoms with Crippen LogP contribution in [0.5, 0.6) is 0 Å². The minimum atomic E-state index is -4.24. The molecule has 1 aromatic rings. The Morgan fingerprint density at radius 3 is 2.42 bits per heavy atom. The average molecular weight is 188 g/mol. The van der Waals surface area contributed by atoms with Crippen molar-refractivity contribution in [1.82, 2.24) is 0 Å². The van der Waals surface area contributed by atoms with Crippen molar-refractivity contribution in [2.45, 2.75) is 0 Å². The molecule has 0 amide bonds. The molecule has 12 heavy (non-hydrogen) atoms. The van der Waals surface area contributed by atoms with Gasteiger partial charge in [-0.3, -0.25) is 0 Å². The van der Waals surface area contributed by atoms with Gasteiger partial charge < -0.3 is 0 Å². The first-order chi connectivity index (χ1) is 5.54. The van der Waals surface area contributed by atoms with E-state index in [4.69, 9.17) is 14.7 Å². The molecule has 3 N–H and O–H groups in total. The maximum absolute atomic E-state index is 10.3. The van der Waals surface area contributed by atoms with Gasteiger partial charge >= 0.3 is 68.8 Å². The van der Waals surface area contributed by atoms with Gasteiger partial charge in [0.2, 0.25) is 0 Å². The Morgan fingerprint density at radius 1 is 1.25 bits per heavy atom. The quantitative estimate of drug-likeness (QED) is 0.435. The van der Waals surface area contributed by atoms with Crippen LogP contribution in [0.3, 0.4) is 0 Å². The molecule has 0 aliphatic rings. The van der Waals surface area contributed by atoms with E-state index in [1.54, 1.807) is 0 Å². The predicted octanol–water partition coefficient (Wildman–Crippen LogP) is -0.404. The zero-order chi connectivity index (χ0) is 9.19. The molecule has 0 aromatic heterocycles.